The van der Waals surface area contributed by atoms with Gasteiger partial charge in [0, 0.05) is 39.1 Å². The van der Waals surface area contributed by atoms with E-state index in [0.717, 1.165) is 37.1 Å². The van der Waals surface area contributed by atoms with Crippen molar-refractivity contribution in [2.24, 2.45) is 7.05 Å². The van der Waals surface area contributed by atoms with Crippen molar-refractivity contribution in [3.05, 3.63) is 48.0 Å². The van der Waals surface area contributed by atoms with E-state index < -0.39 is 0 Å². The van der Waals surface area contributed by atoms with Crippen LogP contribution in [0.2, 0.25) is 0 Å². The molecule has 0 bridgehead atoms. The molecular formula is C18H25N5O2. The summed E-state index contributed by atoms with van der Waals surface area (Å²) in [6.07, 6.45) is 8.48. The Balaban J connectivity index is 1.55. The van der Waals surface area contributed by atoms with E-state index in [1.165, 1.54) is 0 Å². The van der Waals surface area contributed by atoms with Crippen molar-refractivity contribution in [3.8, 4) is 0 Å². The van der Waals surface area contributed by atoms with Gasteiger partial charge in [-0.1, -0.05) is 6.07 Å². The fourth-order valence-corrected chi connectivity index (χ4v) is 2.97. The summed E-state index contributed by atoms with van der Waals surface area (Å²) in [4.78, 5) is 18.8. The predicted octanol–water partition coefficient (Wildman–Crippen LogP) is 1.75. The van der Waals surface area contributed by atoms with Crippen LogP contribution in [0.1, 0.15) is 24.1 Å². The molecule has 25 heavy (non-hydrogen) atoms. The van der Waals surface area contributed by atoms with Crippen LogP contribution in [0.4, 0.5) is 4.79 Å². The second-order valence-corrected chi connectivity index (χ2v) is 6.34. The SMILES string of the molecule is Cn1cc(CCNC(=O)N(Cc2ccccn2)CC2CCCO2)cn1. The molecule has 0 saturated carbocycles. The van der Waals surface area contributed by atoms with Gasteiger partial charge in [-0.3, -0.25) is 9.67 Å². The summed E-state index contributed by atoms with van der Waals surface area (Å²) in [6.45, 7) is 2.44. The molecule has 7 heteroatoms. The number of carbonyl (C=O) groups excluding carboxylic acids is 1. The standard InChI is InChI=1S/C18H25N5O2/c1-22-12-15(11-21-22)7-9-20-18(24)23(14-17-6-4-10-25-17)13-16-5-2-3-8-19-16/h2-3,5,8,11-12,17H,4,6-7,9-10,13-14H2,1H3,(H,20,24). The first kappa shape index (κ1) is 17.4. The average Bonchev–Trinajstić information content (AvgIpc) is 3.27. The number of rotatable bonds is 7. The smallest absolute Gasteiger partial charge is 0.317 e. The predicted molar refractivity (Wildman–Crippen MR) is 93.9 cm³/mol. The Labute approximate surface area is 148 Å². The van der Waals surface area contributed by atoms with Gasteiger partial charge in [-0.25, -0.2) is 4.79 Å². The van der Waals surface area contributed by atoms with E-state index in [2.05, 4.69) is 15.4 Å². The van der Waals surface area contributed by atoms with Gasteiger partial charge < -0.3 is 15.0 Å². The van der Waals surface area contributed by atoms with E-state index in [1.54, 1.807) is 15.8 Å². The number of aromatic nitrogens is 3. The minimum atomic E-state index is -0.0787. The van der Waals surface area contributed by atoms with E-state index in [9.17, 15) is 4.79 Å². The molecule has 3 heterocycles. The van der Waals surface area contributed by atoms with E-state index in [0.29, 0.717) is 19.6 Å². The molecule has 1 aliphatic rings. The lowest BCUT2D eigenvalue weighted by Crippen LogP contribution is -2.44. The fourth-order valence-electron chi connectivity index (χ4n) is 2.97. The number of amides is 2. The van der Waals surface area contributed by atoms with E-state index >= 15 is 0 Å². The molecule has 3 rings (SSSR count). The normalized spacial score (nSPS) is 16.8. The highest BCUT2D eigenvalue weighted by Gasteiger charge is 2.23. The second-order valence-electron chi connectivity index (χ2n) is 6.34. The number of carbonyl (C=O) groups is 1. The highest BCUT2D eigenvalue weighted by atomic mass is 16.5. The molecule has 1 aliphatic heterocycles. The van der Waals surface area contributed by atoms with Gasteiger partial charge in [-0.2, -0.15) is 5.10 Å². The molecule has 134 valence electrons. The summed E-state index contributed by atoms with van der Waals surface area (Å²) in [6, 6.07) is 5.67. The number of nitrogens with zero attached hydrogens (tertiary/aromatic N) is 4. The van der Waals surface area contributed by atoms with Crippen molar-refractivity contribution in [1.29, 1.82) is 0 Å². The summed E-state index contributed by atoms with van der Waals surface area (Å²) in [7, 11) is 1.89. The average molecular weight is 343 g/mol. The van der Waals surface area contributed by atoms with Crippen LogP contribution in [0.5, 0.6) is 0 Å². The molecule has 2 aromatic heterocycles. The zero-order chi connectivity index (χ0) is 17.5. The second kappa shape index (κ2) is 8.62. The van der Waals surface area contributed by atoms with Gasteiger partial charge in [0.05, 0.1) is 24.5 Å². The van der Waals surface area contributed by atoms with Gasteiger partial charge >= 0.3 is 6.03 Å². The maximum absolute atomic E-state index is 12.6. The number of ether oxygens (including phenoxy) is 1. The largest absolute Gasteiger partial charge is 0.376 e. The lowest BCUT2D eigenvalue weighted by Gasteiger charge is -2.25. The minimum Gasteiger partial charge on any atom is -0.376 e. The molecule has 7 nitrogen and oxygen atoms in total. The first-order valence-electron chi connectivity index (χ1n) is 8.72. The molecule has 2 aromatic rings. The summed E-state index contributed by atoms with van der Waals surface area (Å²) < 4.78 is 7.46. The zero-order valence-electron chi connectivity index (χ0n) is 14.6. The Morgan fingerprint density at radius 2 is 2.40 bits per heavy atom. The summed E-state index contributed by atoms with van der Waals surface area (Å²) in [5.74, 6) is 0. The zero-order valence-corrected chi connectivity index (χ0v) is 14.6. The van der Waals surface area contributed by atoms with Crippen LogP contribution in [0.15, 0.2) is 36.8 Å². The highest BCUT2D eigenvalue weighted by Crippen LogP contribution is 2.14. The van der Waals surface area contributed by atoms with Gasteiger partial charge in [0.1, 0.15) is 0 Å². The van der Waals surface area contributed by atoms with E-state index in [-0.39, 0.29) is 12.1 Å². The topological polar surface area (TPSA) is 72.3 Å². The Bertz CT molecular complexity index is 667. The van der Waals surface area contributed by atoms with Crippen molar-refractivity contribution in [2.75, 3.05) is 19.7 Å². The van der Waals surface area contributed by atoms with E-state index in [1.807, 2.05) is 37.6 Å². The lowest BCUT2D eigenvalue weighted by atomic mass is 10.2. The highest BCUT2D eigenvalue weighted by molar-refractivity contribution is 5.74. The van der Waals surface area contributed by atoms with Crippen molar-refractivity contribution in [1.82, 2.24) is 25.0 Å². The molecule has 0 aromatic carbocycles. The maximum Gasteiger partial charge on any atom is 0.317 e. The van der Waals surface area contributed by atoms with Crippen LogP contribution < -0.4 is 5.32 Å². The third kappa shape index (κ3) is 5.29. The third-order valence-corrected chi connectivity index (χ3v) is 4.26. The summed E-state index contributed by atoms with van der Waals surface area (Å²) >= 11 is 0. The van der Waals surface area contributed by atoms with Crippen LogP contribution in [0, 0.1) is 0 Å². The Hall–Kier alpha value is -2.41. The van der Waals surface area contributed by atoms with Crippen LogP contribution >= 0.6 is 0 Å². The maximum atomic E-state index is 12.6. The van der Waals surface area contributed by atoms with Gasteiger partial charge in [0.15, 0.2) is 0 Å². The number of pyridine rings is 1. The molecular weight excluding hydrogens is 318 g/mol. The fraction of sp³-hybridized carbons (Fsp3) is 0.500. The van der Waals surface area contributed by atoms with Gasteiger partial charge in [0.2, 0.25) is 0 Å². The molecule has 0 radical (unpaired) electrons. The van der Waals surface area contributed by atoms with Gasteiger partial charge in [0.25, 0.3) is 0 Å². The Morgan fingerprint density at radius 3 is 3.08 bits per heavy atom. The molecule has 0 aliphatic carbocycles. The Kier molecular flexibility index (Phi) is 6.00. The summed E-state index contributed by atoms with van der Waals surface area (Å²) in [5.41, 5.74) is 1.99. The van der Waals surface area contributed by atoms with Gasteiger partial charge in [-0.05, 0) is 37.0 Å². The number of nitrogens with one attached hydrogen (secondary N) is 1. The molecule has 0 spiro atoms. The quantitative estimate of drug-likeness (QED) is 0.831. The van der Waals surface area contributed by atoms with Crippen molar-refractivity contribution < 1.29 is 9.53 Å². The monoisotopic (exact) mass is 343 g/mol. The van der Waals surface area contributed by atoms with Crippen LogP contribution in [0.3, 0.4) is 0 Å². The minimum absolute atomic E-state index is 0.0787. The molecule has 1 atom stereocenters. The van der Waals surface area contributed by atoms with Crippen molar-refractivity contribution in [2.45, 2.75) is 31.9 Å². The number of aryl methyl sites for hydroxylation is 1. The lowest BCUT2D eigenvalue weighted by molar-refractivity contribution is 0.0792. The molecule has 1 saturated heterocycles. The van der Waals surface area contributed by atoms with Crippen LogP contribution in [-0.2, 0) is 24.8 Å². The molecule has 1 N–H and O–H groups in total. The molecule has 1 unspecified atom stereocenters. The first-order chi connectivity index (χ1) is 12.2. The summed E-state index contributed by atoms with van der Waals surface area (Å²) in [5, 5.41) is 7.14. The number of hydrogen-bond acceptors (Lipinski definition) is 4. The van der Waals surface area contributed by atoms with Crippen molar-refractivity contribution >= 4 is 6.03 Å². The van der Waals surface area contributed by atoms with E-state index in [4.69, 9.17) is 4.74 Å². The molecule has 2 amide bonds. The Morgan fingerprint density at radius 1 is 1.48 bits per heavy atom. The molecule has 1 fully saturated rings. The van der Waals surface area contributed by atoms with Crippen LogP contribution in [0.25, 0.3) is 0 Å². The van der Waals surface area contributed by atoms with Crippen molar-refractivity contribution in [3.63, 3.8) is 0 Å². The van der Waals surface area contributed by atoms with Crippen LogP contribution in [-0.4, -0.2) is 51.5 Å². The first-order valence-corrected chi connectivity index (χ1v) is 8.72. The van der Waals surface area contributed by atoms with Gasteiger partial charge in [-0.15, -0.1) is 0 Å². The third-order valence-electron chi connectivity index (χ3n) is 4.26. The number of hydrogen-bond donors (Lipinski definition) is 1. The number of urea groups is 1.